The average molecular weight is 474 g/mol. The smallest absolute Gasteiger partial charge is 0.335 e. The molecule has 4 rings (SSSR count). The predicted molar refractivity (Wildman–Crippen MR) is 114 cm³/mol. The number of carbonyl (C=O) groups excluding carboxylic acids is 2. The maximum Gasteiger partial charge on any atom is 0.335 e. The molecule has 1 fully saturated rings. The molecule has 2 aliphatic heterocycles. The Morgan fingerprint density at radius 1 is 1.06 bits per heavy atom. The van der Waals surface area contributed by atoms with Gasteiger partial charge in [-0.25, -0.2) is 4.79 Å². The molecular weight excluding hydrogens is 452 g/mol. The number of hydrogen-bond donors (Lipinski definition) is 4. The molecule has 0 aromatic heterocycles. The molecular formula is C23H22O9S. The molecule has 0 spiro atoms. The molecule has 0 bridgehead atoms. The van der Waals surface area contributed by atoms with Gasteiger partial charge in [-0.3, -0.25) is 9.59 Å². The third-order valence-corrected chi connectivity index (χ3v) is 6.94. The van der Waals surface area contributed by atoms with Crippen molar-refractivity contribution in [3.63, 3.8) is 0 Å². The average Bonchev–Trinajstić information content (AvgIpc) is 2.93. The highest BCUT2D eigenvalue weighted by molar-refractivity contribution is 7.99. The van der Waals surface area contributed by atoms with E-state index in [4.69, 9.17) is 14.6 Å². The Morgan fingerprint density at radius 2 is 1.79 bits per heavy atom. The maximum absolute atomic E-state index is 12.7. The second kappa shape index (κ2) is 9.24. The third kappa shape index (κ3) is 4.53. The Bertz CT molecular complexity index is 1100. The molecule has 2 aromatic carbocycles. The van der Waals surface area contributed by atoms with Crippen molar-refractivity contribution >= 4 is 29.5 Å². The van der Waals surface area contributed by atoms with Crippen LogP contribution in [-0.4, -0.2) is 68.9 Å². The summed E-state index contributed by atoms with van der Waals surface area (Å²) in [6, 6.07) is 12.6. The molecule has 6 atom stereocenters. The summed E-state index contributed by atoms with van der Waals surface area (Å²) in [5.41, 5.74) is 1.96. The number of aliphatic hydroxyl groups is 3. The highest BCUT2D eigenvalue weighted by Crippen LogP contribution is 2.38. The Hall–Kier alpha value is -2.76. The lowest BCUT2D eigenvalue weighted by Crippen LogP contribution is -2.60. The van der Waals surface area contributed by atoms with Crippen LogP contribution in [0.15, 0.2) is 52.3 Å². The number of ketones is 1. The van der Waals surface area contributed by atoms with E-state index in [1.165, 1.54) is 11.8 Å². The van der Waals surface area contributed by atoms with Crippen molar-refractivity contribution in [2.75, 3.05) is 0 Å². The van der Waals surface area contributed by atoms with Gasteiger partial charge in [0.1, 0.15) is 18.3 Å². The van der Waals surface area contributed by atoms with Crippen molar-refractivity contribution in [3.05, 3.63) is 59.2 Å². The number of carbonyl (C=O) groups is 3. The molecule has 174 valence electrons. The van der Waals surface area contributed by atoms with Crippen molar-refractivity contribution in [1.29, 1.82) is 0 Å². The summed E-state index contributed by atoms with van der Waals surface area (Å²) in [7, 11) is 0. The van der Waals surface area contributed by atoms with Gasteiger partial charge in [-0.1, -0.05) is 42.1 Å². The summed E-state index contributed by atoms with van der Waals surface area (Å²) >= 11 is 1.47. The minimum Gasteiger partial charge on any atom is -0.479 e. The largest absolute Gasteiger partial charge is 0.479 e. The van der Waals surface area contributed by atoms with E-state index in [0.29, 0.717) is 11.1 Å². The fourth-order valence-electron chi connectivity index (χ4n) is 3.78. The van der Waals surface area contributed by atoms with Gasteiger partial charge >= 0.3 is 11.9 Å². The topological polar surface area (TPSA) is 151 Å². The van der Waals surface area contributed by atoms with Gasteiger partial charge in [-0.2, -0.15) is 0 Å². The van der Waals surface area contributed by atoms with E-state index in [1.807, 2.05) is 24.3 Å². The van der Waals surface area contributed by atoms with Crippen molar-refractivity contribution in [3.8, 4) is 0 Å². The molecule has 1 saturated heterocycles. The van der Waals surface area contributed by atoms with Crippen molar-refractivity contribution < 1.29 is 44.3 Å². The molecule has 0 radical (unpaired) electrons. The van der Waals surface area contributed by atoms with Crippen LogP contribution in [0, 0.1) is 0 Å². The molecule has 4 N–H and O–H groups in total. The van der Waals surface area contributed by atoms with E-state index in [9.17, 15) is 29.7 Å². The van der Waals surface area contributed by atoms with Gasteiger partial charge in [0.25, 0.3) is 0 Å². The fourth-order valence-corrected chi connectivity index (χ4v) is 4.85. The molecule has 33 heavy (non-hydrogen) atoms. The van der Waals surface area contributed by atoms with Gasteiger partial charge in [0, 0.05) is 21.8 Å². The third-order valence-electron chi connectivity index (χ3n) is 5.74. The highest BCUT2D eigenvalue weighted by atomic mass is 32.2. The number of aliphatic carboxylic acids is 1. The zero-order valence-electron chi connectivity index (χ0n) is 17.5. The summed E-state index contributed by atoms with van der Waals surface area (Å²) in [5, 5.41) is 38.8. The zero-order chi connectivity index (χ0) is 23.9. The van der Waals surface area contributed by atoms with E-state index in [0.717, 1.165) is 15.4 Å². The number of Topliss-reactive ketones (excluding diaryl/α,β-unsaturated/α-hetero) is 1. The van der Waals surface area contributed by atoms with Crippen molar-refractivity contribution in [2.24, 2.45) is 0 Å². The minimum atomic E-state index is -1.88. The fraction of sp³-hybridized carbons (Fsp3) is 0.348. The molecule has 2 aliphatic rings. The first-order valence-electron chi connectivity index (χ1n) is 10.2. The Balaban J connectivity index is 1.51. The molecule has 0 amide bonds. The van der Waals surface area contributed by atoms with Gasteiger partial charge in [0.05, 0.1) is 5.92 Å². The number of ether oxygens (including phenoxy) is 2. The van der Waals surface area contributed by atoms with Crippen LogP contribution >= 0.6 is 11.8 Å². The van der Waals surface area contributed by atoms with Crippen LogP contribution in [0.1, 0.15) is 34.3 Å². The van der Waals surface area contributed by atoms with Gasteiger partial charge in [-0.05, 0) is 30.2 Å². The maximum atomic E-state index is 12.7. The summed E-state index contributed by atoms with van der Waals surface area (Å²) in [6.45, 7) is 1.56. The lowest BCUT2D eigenvalue weighted by atomic mass is 9.96. The molecule has 9 nitrogen and oxygen atoms in total. The second-order valence-electron chi connectivity index (χ2n) is 7.96. The van der Waals surface area contributed by atoms with Crippen LogP contribution in [0.3, 0.4) is 0 Å². The van der Waals surface area contributed by atoms with Crippen LogP contribution in [0.25, 0.3) is 0 Å². The quantitative estimate of drug-likeness (QED) is 0.475. The molecule has 2 heterocycles. The number of benzene rings is 2. The normalized spacial score (nSPS) is 27.6. The number of fused-ring (bicyclic) bond motifs is 2. The Morgan fingerprint density at radius 3 is 2.52 bits per heavy atom. The first-order chi connectivity index (χ1) is 15.7. The lowest BCUT2D eigenvalue weighted by molar-refractivity contribution is -0.286. The summed E-state index contributed by atoms with van der Waals surface area (Å²) in [4.78, 5) is 38.4. The van der Waals surface area contributed by atoms with Crippen LogP contribution in [0.2, 0.25) is 0 Å². The second-order valence-corrected chi connectivity index (χ2v) is 9.04. The van der Waals surface area contributed by atoms with Crippen molar-refractivity contribution in [1.82, 2.24) is 0 Å². The van der Waals surface area contributed by atoms with Crippen LogP contribution < -0.4 is 0 Å². The standard InChI is InChI=1S/C23H22O9S/c1-10(22(30)32-23-19(27)17(25)18(26)20(31-23)21(28)29)11-6-7-15-12(8-11)9-14(24)13-4-2-3-5-16(13)33-15/h2-8,10,17-20,23,25-27H,9H2,1H3,(H,28,29)/t10?,17-,18-,19+,20-,23?/m0/s1. The van der Waals surface area contributed by atoms with Crippen molar-refractivity contribution in [2.45, 2.75) is 59.8 Å². The summed E-state index contributed by atoms with van der Waals surface area (Å²) < 4.78 is 10.1. The molecule has 2 unspecified atom stereocenters. The van der Waals surface area contributed by atoms with Gasteiger partial charge in [0.2, 0.25) is 6.29 Å². The van der Waals surface area contributed by atoms with E-state index in [1.54, 1.807) is 25.1 Å². The van der Waals surface area contributed by atoms with E-state index in [2.05, 4.69) is 0 Å². The zero-order valence-corrected chi connectivity index (χ0v) is 18.3. The minimum absolute atomic E-state index is 0.0322. The number of hydrogen-bond acceptors (Lipinski definition) is 9. The predicted octanol–water partition coefficient (Wildman–Crippen LogP) is 1.12. The first-order valence-corrected chi connectivity index (χ1v) is 11.0. The lowest BCUT2D eigenvalue weighted by Gasteiger charge is -2.38. The molecule has 2 aromatic rings. The van der Waals surface area contributed by atoms with Gasteiger partial charge in [-0.15, -0.1) is 0 Å². The molecule has 0 aliphatic carbocycles. The van der Waals surface area contributed by atoms with E-state index in [-0.39, 0.29) is 12.2 Å². The Kier molecular flexibility index (Phi) is 6.55. The highest BCUT2D eigenvalue weighted by Gasteiger charge is 2.48. The van der Waals surface area contributed by atoms with Crippen LogP contribution in [0.4, 0.5) is 0 Å². The van der Waals surface area contributed by atoms with Gasteiger partial charge in [0.15, 0.2) is 11.9 Å². The van der Waals surface area contributed by atoms with E-state index >= 15 is 0 Å². The monoisotopic (exact) mass is 474 g/mol. The first kappa shape index (κ1) is 23.4. The number of carboxylic acids is 1. The number of rotatable bonds is 4. The number of aliphatic hydroxyl groups excluding tert-OH is 3. The molecule has 10 heteroatoms. The number of carboxylic acid groups (broad SMARTS) is 1. The SMILES string of the molecule is CC(C(=O)OC1O[C@H](C(=O)O)[C@@H](O)[C@H](O)[C@H]1O)c1ccc2c(c1)CC(=O)c1ccccc1S2. The summed E-state index contributed by atoms with van der Waals surface area (Å²) in [6.07, 6.45) is -9.05. The van der Waals surface area contributed by atoms with E-state index < -0.39 is 48.6 Å². The van der Waals surface area contributed by atoms with Crippen LogP contribution in [0.5, 0.6) is 0 Å². The number of esters is 1. The Labute approximate surface area is 193 Å². The summed E-state index contributed by atoms with van der Waals surface area (Å²) in [5.74, 6) is -3.28. The molecule has 0 saturated carbocycles. The van der Waals surface area contributed by atoms with Gasteiger partial charge < -0.3 is 29.9 Å². The van der Waals surface area contributed by atoms with Crippen LogP contribution in [-0.2, 0) is 25.5 Å².